The minimum Gasteiger partial charge on any atom is -0.322 e. The highest BCUT2D eigenvalue weighted by atomic mass is 35.5. The SMILES string of the molecule is O=C1NC2(CCNC2)C(=O)N1Cc1ccc(Cl)cc1Cl. The van der Waals surface area contributed by atoms with E-state index < -0.39 is 5.54 Å². The Hall–Kier alpha value is -1.30. The van der Waals surface area contributed by atoms with Crippen molar-refractivity contribution >= 4 is 35.1 Å². The third-order valence-electron chi connectivity index (χ3n) is 3.74. The molecule has 1 unspecified atom stereocenters. The number of carbonyl (C=O) groups is 2. The van der Waals surface area contributed by atoms with Crippen LogP contribution in [0.3, 0.4) is 0 Å². The molecule has 3 rings (SSSR count). The molecule has 0 aliphatic carbocycles. The van der Waals surface area contributed by atoms with Gasteiger partial charge in [-0.25, -0.2) is 4.79 Å². The Morgan fingerprint density at radius 2 is 2.10 bits per heavy atom. The van der Waals surface area contributed by atoms with Gasteiger partial charge in [-0.2, -0.15) is 0 Å². The van der Waals surface area contributed by atoms with Crippen LogP contribution >= 0.6 is 23.2 Å². The summed E-state index contributed by atoms with van der Waals surface area (Å²) in [6.45, 7) is 1.35. The van der Waals surface area contributed by atoms with Crippen LogP contribution in [0.15, 0.2) is 18.2 Å². The summed E-state index contributed by atoms with van der Waals surface area (Å²) in [5.74, 6) is -0.196. The smallest absolute Gasteiger partial charge is 0.322 e. The number of hydrogen-bond donors (Lipinski definition) is 2. The van der Waals surface area contributed by atoms with E-state index in [-0.39, 0.29) is 18.5 Å². The molecule has 3 amide bonds. The Balaban J connectivity index is 1.84. The number of amides is 3. The Kier molecular flexibility index (Phi) is 3.36. The van der Waals surface area contributed by atoms with Crippen molar-refractivity contribution in [3.8, 4) is 0 Å². The van der Waals surface area contributed by atoms with E-state index in [0.717, 1.165) is 6.54 Å². The number of carbonyl (C=O) groups excluding carboxylic acids is 2. The molecule has 2 heterocycles. The second kappa shape index (κ2) is 4.91. The summed E-state index contributed by atoms with van der Waals surface area (Å²) < 4.78 is 0. The predicted molar refractivity (Wildman–Crippen MR) is 75.8 cm³/mol. The summed E-state index contributed by atoms with van der Waals surface area (Å²) in [7, 11) is 0. The van der Waals surface area contributed by atoms with Crippen LogP contribution in [0.2, 0.25) is 10.0 Å². The first-order valence-electron chi connectivity index (χ1n) is 6.31. The molecule has 20 heavy (non-hydrogen) atoms. The van der Waals surface area contributed by atoms with Crippen molar-refractivity contribution in [2.75, 3.05) is 13.1 Å². The first-order valence-corrected chi connectivity index (χ1v) is 7.06. The van der Waals surface area contributed by atoms with Gasteiger partial charge in [0.05, 0.1) is 6.54 Å². The highest BCUT2D eigenvalue weighted by Crippen LogP contribution is 2.28. The molecule has 5 nitrogen and oxygen atoms in total. The Bertz CT molecular complexity index is 585. The van der Waals surface area contributed by atoms with E-state index in [1.165, 1.54) is 4.90 Å². The molecular formula is C13H13Cl2N3O2. The number of urea groups is 1. The zero-order chi connectivity index (χ0) is 14.3. The van der Waals surface area contributed by atoms with E-state index in [9.17, 15) is 9.59 Å². The minimum absolute atomic E-state index is 0.155. The third kappa shape index (κ3) is 2.16. The van der Waals surface area contributed by atoms with E-state index in [2.05, 4.69) is 10.6 Å². The van der Waals surface area contributed by atoms with E-state index >= 15 is 0 Å². The molecule has 1 aromatic carbocycles. The maximum absolute atomic E-state index is 12.5. The lowest BCUT2D eigenvalue weighted by atomic mass is 9.99. The Morgan fingerprint density at radius 1 is 1.30 bits per heavy atom. The lowest BCUT2D eigenvalue weighted by Crippen LogP contribution is -2.48. The zero-order valence-electron chi connectivity index (χ0n) is 10.6. The fourth-order valence-electron chi connectivity index (χ4n) is 2.62. The number of rotatable bonds is 2. The van der Waals surface area contributed by atoms with E-state index in [4.69, 9.17) is 23.2 Å². The van der Waals surface area contributed by atoms with E-state index in [1.54, 1.807) is 18.2 Å². The summed E-state index contributed by atoms with van der Waals surface area (Å²) in [6.07, 6.45) is 0.614. The monoisotopic (exact) mass is 313 g/mol. The molecule has 1 spiro atoms. The lowest BCUT2D eigenvalue weighted by Gasteiger charge is -2.19. The zero-order valence-corrected chi connectivity index (χ0v) is 12.1. The van der Waals surface area contributed by atoms with Gasteiger partial charge >= 0.3 is 6.03 Å². The Labute approximate surface area is 126 Å². The topological polar surface area (TPSA) is 61.4 Å². The molecule has 0 saturated carbocycles. The van der Waals surface area contributed by atoms with Crippen molar-refractivity contribution in [2.45, 2.75) is 18.5 Å². The Morgan fingerprint density at radius 3 is 2.75 bits per heavy atom. The lowest BCUT2D eigenvalue weighted by molar-refractivity contribution is -0.131. The molecule has 1 atom stereocenters. The summed E-state index contributed by atoms with van der Waals surface area (Å²) in [6, 6.07) is 4.64. The van der Waals surface area contributed by atoms with Crippen LogP contribution < -0.4 is 10.6 Å². The molecule has 2 saturated heterocycles. The predicted octanol–water partition coefficient (Wildman–Crippen LogP) is 1.78. The summed E-state index contributed by atoms with van der Waals surface area (Å²) in [5, 5.41) is 6.86. The minimum atomic E-state index is -0.782. The molecule has 106 valence electrons. The van der Waals surface area contributed by atoms with Crippen LogP contribution in [0, 0.1) is 0 Å². The van der Waals surface area contributed by atoms with Crippen molar-refractivity contribution in [3.05, 3.63) is 33.8 Å². The molecule has 7 heteroatoms. The maximum Gasteiger partial charge on any atom is 0.325 e. The van der Waals surface area contributed by atoms with Gasteiger partial charge in [-0.05, 0) is 30.7 Å². The third-order valence-corrected chi connectivity index (χ3v) is 4.33. The van der Waals surface area contributed by atoms with Gasteiger partial charge in [0, 0.05) is 16.6 Å². The largest absolute Gasteiger partial charge is 0.325 e. The highest BCUT2D eigenvalue weighted by molar-refractivity contribution is 6.35. The maximum atomic E-state index is 12.5. The van der Waals surface area contributed by atoms with Gasteiger partial charge in [0.2, 0.25) is 0 Å². The van der Waals surface area contributed by atoms with Crippen molar-refractivity contribution in [1.82, 2.24) is 15.5 Å². The van der Waals surface area contributed by atoms with Gasteiger partial charge in [-0.3, -0.25) is 9.69 Å². The molecule has 0 radical (unpaired) electrons. The van der Waals surface area contributed by atoms with Gasteiger partial charge in [0.1, 0.15) is 5.54 Å². The fourth-order valence-corrected chi connectivity index (χ4v) is 3.09. The number of benzene rings is 1. The number of nitrogens with zero attached hydrogens (tertiary/aromatic N) is 1. The van der Waals surface area contributed by atoms with Crippen LogP contribution in [0.4, 0.5) is 4.79 Å². The number of halogens is 2. The van der Waals surface area contributed by atoms with E-state index in [0.29, 0.717) is 28.6 Å². The number of hydrogen-bond acceptors (Lipinski definition) is 3. The normalized spacial score (nSPS) is 25.6. The van der Waals surface area contributed by atoms with Gasteiger partial charge < -0.3 is 10.6 Å². The van der Waals surface area contributed by atoms with Crippen molar-refractivity contribution in [3.63, 3.8) is 0 Å². The summed E-state index contributed by atoms with van der Waals surface area (Å²) in [5.41, 5.74) is -0.0849. The van der Waals surface area contributed by atoms with Gasteiger partial charge in [0.25, 0.3) is 5.91 Å². The molecule has 1 aromatic rings. The average Bonchev–Trinajstić information content (AvgIpc) is 2.94. The van der Waals surface area contributed by atoms with Gasteiger partial charge in [0.15, 0.2) is 0 Å². The summed E-state index contributed by atoms with van der Waals surface area (Å²) in [4.78, 5) is 25.7. The van der Waals surface area contributed by atoms with Crippen LogP contribution in [0.5, 0.6) is 0 Å². The number of imide groups is 1. The number of nitrogens with one attached hydrogen (secondary N) is 2. The van der Waals surface area contributed by atoms with Crippen molar-refractivity contribution < 1.29 is 9.59 Å². The molecule has 0 bridgehead atoms. The summed E-state index contributed by atoms with van der Waals surface area (Å²) >= 11 is 11.9. The van der Waals surface area contributed by atoms with Crippen LogP contribution in [0.1, 0.15) is 12.0 Å². The molecule has 2 fully saturated rings. The van der Waals surface area contributed by atoms with Crippen LogP contribution in [0.25, 0.3) is 0 Å². The quantitative estimate of drug-likeness (QED) is 0.818. The standard InChI is InChI=1S/C13H13Cl2N3O2/c14-9-2-1-8(10(15)5-9)6-18-11(19)13(17-12(18)20)3-4-16-7-13/h1-2,5,16H,3-4,6-7H2,(H,17,20). The van der Waals surface area contributed by atoms with Crippen molar-refractivity contribution in [1.29, 1.82) is 0 Å². The highest BCUT2D eigenvalue weighted by Gasteiger charge is 2.52. The van der Waals surface area contributed by atoms with E-state index in [1.807, 2.05) is 0 Å². The molecule has 0 aromatic heterocycles. The molecule has 2 N–H and O–H groups in total. The molecule has 2 aliphatic heterocycles. The molecular weight excluding hydrogens is 301 g/mol. The van der Waals surface area contributed by atoms with Gasteiger partial charge in [-0.15, -0.1) is 0 Å². The van der Waals surface area contributed by atoms with Gasteiger partial charge in [-0.1, -0.05) is 29.3 Å². The second-order valence-electron chi connectivity index (χ2n) is 5.07. The van der Waals surface area contributed by atoms with Crippen molar-refractivity contribution in [2.24, 2.45) is 0 Å². The van der Waals surface area contributed by atoms with Crippen LogP contribution in [-0.4, -0.2) is 35.5 Å². The van der Waals surface area contributed by atoms with Crippen LogP contribution in [-0.2, 0) is 11.3 Å². The fraction of sp³-hybridized carbons (Fsp3) is 0.385. The average molecular weight is 314 g/mol. The first kappa shape index (κ1) is 13.7. The molecule has 2 aliphatic rings. The first-order chi connectivity index (χ1) is 9.52. The second-order valence-corrected chi connectivity index (χ2v) is 5.91.